The van der Waals surface area contributed by atoms with Crippen molar-refractivity contribution in [2.24, 2.45) is 0 Å². The highest BCUT2D eigenvalue weighted by Crippen LogP contribution is 2.32. The number of nitrogens with one attached hydrogen (secondary N) is 1. The van der Waals surface area contributed by atoms with Crippen LogP contribution in [0.2, 0.25) is 10.0 Å². The molecule has 4 nitrogen and oxygen atoms in total. The van der Waals surface area contributed by atoms with Crippen molar-refractivity contribution in [3.63, 3.8) is 0 Å². The van der Waals surface area contributed by atoms with E-state index in [-0.39, 0.29) is 5.91 Å². The number of carbonyl (C=O) groups excluding carboxylic acids is 1. The SMILES string of the molecule is CCCCC(=O)Nc1ccc(-c2nc3cc(Cl)cc(Cl)c3o2)cc1. The molecular formula is C18H16Cl2N2O2. The second-order valence-electron chi connectivity index (χ2n) is 5.48. The number of unbranched alkanes of at least 4 members (excludes halogenated alkanes) is 1. The molecule has 3 aromatic rings. The first-order valence-electron chi connectivity index (χ1n) is 7.72. The normalized spacial score (nSPS) is 11.0. The molecular weight excluding hydrogens is 347 g/mol. The van der Waals surface area contributed by atoms with Gasteiger partial charge in [-0.05, 0) is 42.8 Å². The van der Waals surface area contributed by atoms with E-state index in [0.29, 0.717) is 33.5 Å². The summed E-state index contributed by atoms with van der Waals surface area (Å²) in [6, 6.07) is 10.7. The Morgan fingerprint density at radius 3 is 2.67 bits per heavy atom. The summed E-state index contributed by atoms with van der Waals surface area (Å²) < 4.78 is 5.72. The predicted molar refractivity (Wildman–Crippen MR) is 97.6 cm³/mol. The monoisotopic (exact) mass is 362 g/mol. The molecule has 124 valence electrons. The van der Waals surface area contributed by atoms with Gasteiger partial charge in [-0.25, -0.2) is 4.98 Å². The average Bonchev–Trinajstić information content (AvgIpc) is 2.98. The van der Waals surface area contributed by atoms with Crippen LogP contribution in [0, 0.1) is 0 Å². The van der Waals surface area contributed by atoms with E-state index in [4.69, 9.17) is 27.6 Å². The number of rotatable bonds is 5. The van der Waals surface area contributed by atoms with Crippen LogP contribution in [0.15, 0.2) is 40.8 Å². The molecule has 0 bridgehead atoms. The van der Waals surface area contributed by atoms with Gasteiger partial charge in [-0.1, -0.05) is 36.5 Å². The zero-order chi connectivity index (χ0) is 17.1. The lowest BCUT2D eigenvalue weighted by molar-refractivity contribution is -0.116. The Hall–Kier alpha value is -2.04. The lowest BCUT2D eigenvalue weighted by Gasteiger charge is -2.05. The molecule has 1 N–H and O–H groups in total. The van der Waals surface area contributed by atoms with E-state index in [2.05, 4.69) is 17.2 Å². The fraction of sp³-hybridized carbons (Fsp3) is 0.222. The van der Waals surface area contributed by atoms with Gasteiger partial charge in [0.25, 0.3) is 0 Å². The number of oxazole rings is 1. The van der Waals surface area contributed by atoms with Gasteiger partial charge in [0.1, 0.15) is 5.52 Å². The van der Waals surface area contributed by atoms with E-state index in [9.17, 15) is 4.79 Å². The van der Waals surface area contributed by atoms with Gasteiger partial charge in [-0.3, -0.25) is 4.79 Å². The maximum Gasteiger partial charge on any atom is 0.227 e. The average molecular weight is 363 g/mol. The first kappa shape index (κ1) is 16.8. The van der Waals surface area contributed by atoms with Gasteiger partial charge in [0.2, 0.25) is 11.8 Å². The number of halogens is 2. The zero-order valence-electron chi connectivity index (χ0n) is 13.1. The van der Waals surface area contributed by atoms with Crippen LogP contribution >= 0.6 is 23.2 Å². The number of benzene rings is 2. The minimum atomic E-state index is 0.0212. The summed E-state index contributed by atoms with van der Waals surface area (Å²) >= 11 is 12.1. The summed E-state index contributed by atoms with van der Waals surface area (Å²) in [6.07, 6.45) is 2.41. The Labute approximate surface area is 149 Å². The van der Waals surface area contributed by atoms with Gasteiger partial charge in [0, 0.05) is 22.7 Å². The molecule has 2 aromatic carbocycles. The Morgan fingerprint density at radius 2 is 1.96 bits per heavy atom. The molecule has 1 heterocycles. The molecule has 0 saturated heterocycles. The highest BCUT2D eigenvalue weighted by molar-refractivity contribution is 6.38. The molecule has 0 spiro atoms. The summed E-state index contributed by atoms with van der Waals surface area (Å²) in [4.78, 5) is 16.2. The summed E-state index contributed by atoms with van der Waals surface area (Å²) in [7, 11) is 0. The Balaban J connectivity index is 1.81. The number of anilines is 1. The van der Waals surface area contributed by atoms with E-state index < -0.39 is 0 Å². The first-order valence-corrected chi connectivity index (χ1v) is 8.48. The van der Waals surface area contributed by atoms with Gasteiger partial charge in [0.15, 0.2) is 5.58 Å². The van der Waals surface area contributed by atoms with E-state index >= 15 is 0 Å². The Bertz CT molecular complexity index is 873. The van der Waals surface area contributed by atoms with Crippen LogP contribution < -0.4 is 5.32 Å². The van der Waals surface area contributed by atoms with Crippen LogP contribution in [0.1, 0.15) is 26.2 Å². The van der Waals surface area contributed by atoms with Crippen molar-refractivity contribution in [2.75, 3.05) is 5.32 Å². The van der Waals surface area contributed by atoms with Crippen molar-refractivity contribution in [1.29, 1.82) is 0 Å². The van der Waals surface area contributed by atoms with Gasteiger partial charge in [-0.2, -0.15) is 0 Å². The molecule has 1 amide bonds. The minimum Gasteiger partial charge on any atom is -0.435 e. The van der Waals surface area contributed by atoms with Crippen molar-refractivity contribution in [1.82, 2.24) is 4.98 Å². The second kappa shape index (κ2) is 7.24. The van der Waals surface area contributed by atoms with Crippen LogP contribution in [0.4, 0.5) is 5.69 Å². The van der Waals surface area contributed by atoms with Gasteiger partial charge in [-0.15, -0.1) is 0 Å². The lowest BCUT2D eigenvalue weighted by atomic mass is 10.2. The third-order valence-corrected chi connectivity index (χ3v) is 4.08. The topological polar surface area (TPSA) is 55.1 Å². The van der Waals surface area contributed by atoms with Gasteiger partial charge in [0.05, 0.1) is 5.02 Å². The van der Waals surface area contributed by atoms with E-state index in [1.165, 1.54) is 0 Å². The van der Waals surface area contributed by atoms with E-state index in [1.54, 1.807) is 12.1 Å². The molecule has 6 heteroatoms. The fourth-order valence-corrected chi connectivity index (χ4v) is 2.86. The zero-order valence-corrected chi connectivity index (χ0v) is 14.6. The summed E-state index contributed by atoms with van der Waals surface area (Å²) in [5.41, 5.74) is 2.66. The molecule has 0 unspecified atom stereocenters. The summed E-state index contributed by atoms with van der Waals surface area (Å²) in [5.74, 6) is 0.478. The Kier molecular flexibility index (Phi) is 5.07. The number of hydrogen-bond donors (Lipinski definition) is 1. The first-order chi connectivity index (χ1) is 11.6. The highest BCUT2D eigenvalue weighted by Gasteiger charge is 2.12. The van der Waals surface area contributed by atoms with Crippen molar-refractivity contribution in [3.05, 3.63) is 46.4 Å². The molecule has 0 saturated carbocycles. The second-order valence-corrected chi connectivity index (χ2v) is 6.33. The third-order valence-electron chi connectivity index (χ3n) is 3.58. The van der Waals surface area contributed by atoms with Gasteiger partial charge < -0.3 is 9.73 Å². The molecule has 1 aromatic heterocycles. The summed E-state index contributed by atoms with van der Waals surface area (Å²) in [6.45, 7) is 2.06. The van der Waals surface area contributed by atoms with Crippen molar-refractivity contribution >= 4 is 45.9 Å². The summed E-state index contributed by atoms with van der Waals surface area (Å²) in [5, 5.41) is 3.81. The van der Waals surface area contributed by atoms with Crippen LogP contribution in [0.3, 0.4) is 0 Å². The largest absolute Gasteiger partial charge is 0.435 e. The van der Waals surface area contributed by atoms with Crippen LogP contribution in [0.5, 0.6) is 0 Å². The number of carbonyl (C=O) groups is 1. The lowest BCUT2D eigenvalue weighted by Crippen LogP contribution is -2.10. The molecule has 0 radical (unpaired) electrons. The van der Waals surface area contributed by atoms with E-state index in [0.717, 1.165) is 24.1 Å². The molecule has 0 aliphatic carbocycles. The molecule has 3 rings (SSSR count). The minimum absolute atomic E-state index is 0.0212. The number of amides is 1. The quantitative estimate of drug-likeness (QED) is 0.611. The Morgan fingerprint density at radius 1 is 1.21 bits per heavy atom. The smallest absolute Gasteiger partial charge is 0.227 e. The number of hydrogen-bond acceptors (Lipinski definition) is 3. The third kappa shape index (κ3) is 3.71. The van der Waals surface area contributed by atoms with Crippen molar-refractivity contribution in [3.8, 4) is 11.5 Å². The number of fused-ring (bicyclic) bond motifs is 1. The highest BCUT2D eigenvalue weighted by atomic mass is 35.5. The van der Waals surface area contributed by atoms with Crippen molar-refractivity contribution < 1.29 is 9.21 Å². The van der Waals surface area contributed by atoms with Crippen LogP contribution in [-0.4, -0.2) is 10.9 Å². The molecule has 0 atom stereocenters. The molecule has 24 heavy (non-hydrogen) atoms. The fourth-order valence-electron chi connectivity index (χ4n) is 2.34. The predicted octanol–water partition coefficient (Wildman–Crippen LogP) is 5.93. The van der Waals surface area contributed by atoms with Crippen LogP contribution in [0.25, 0.3) is 22.6 Å². The van der Waals surface area contributed by atoms with E-state index in [1.807, 2.05) is 24.3 Å². The number of nitrogens with zero attached hydrogens (tertiary/aromatic N) is 1. The van der Waals surface area contributed by atoms with Crippen molar-refractivity contribution in [2.45, 2.75) is 26.2 Å². The van der Waals surface area contributed by atoms with Gasteiger partial charge >= 0.3 is 0 Å². The molecule has 0 aliphatic rings. The maximum absolute atomic E-state index is 11.7. The molecule has 0 aliphatic heterocycles. The number of aromatic nitrogens is 1. The molecule has 0 fully saturated rings. The maximum atomic E-state index is 11.7. The van der Waals surface area contributed by atoms with Crippen LogP contribution in [-0.2, 0) is 4.79 Å². The standard InChI is InChI=1S/C18H16Cl2N2O2/c1-2-3-4-16(23)21-13-7-5-11(6-8-13)18-22-15-10-12(19)9-14(20)17(15)24-18/h5-10H,2-4H2,1H3,(H,21,23).